The first-order valence-corrected chi connectivity index (χ1v) is 6.32. The maximum Gasteiger partial charge on any atom is 0.411 e. The van der Waals surface area contributed by atoms with Gasteiger partial charge in [-0.1, -0.05) is 0 Å². The molecular weight excluding hydrogens is 267 g/mol. The van der Waals surface area contributed by atoms with Crippen molar-refractivity contribution in [1.29, 1.82) is 0 Å². The summed E-state index contributed by atoms with van der Waals surface area (Å²) in [5, 5.41) is 4.00. The van der Waals surface area contributed by atoms with Gasteiger partial charge in [0.15, 0.2) is 0 Å². The van der Waals surface area contributed by atoms with E-state index in [2.05, 4.69) is 10.3 Å². The lowest BCUT2D eigenvalue weighted by atomic mass is 10.1. The van der Waals surface area contributed by atoms with Gasteiger partial charge in [0.2, 0.25) is 0 Å². The number of rotatable bonds is 2. The zero-order valence-electron chi connectivity index (χ0n) is 10.9. The summed E-state index contributed by atoms with van der Waals surface area (Å²) in [5.74, 6) is 0. The van der Waals surface area contributed by atoms with Gasteiger partial charge in [0.1, 0.15) is 5.54 Å². The summed E-state index contributed by atoms with van der Waals surface area (Å²) < 4.78 is 39.1. The van der Waals surface area contributed by atoms with Crippen molar-refractivity contribution in [3.8, 4) is 0 Å². The number of nitrogens with two attached hydrogens (primary N) is 1. The Morgan fingerprint density at radius 3 is 2.55 bits per heavy atom. The first-order chi connectivity index (χ1) is 9.32. The summed E-state index contributed by atoms with van der Waals surface area (Å²) in [4.78, 5) is 4.14. The second-order valence-electron chi connectivity index (χ2n) is 5.28. The second-order valence-corrected chi connectivity index (χ2v) is 5.28. The highest BCUT2D eigenvalue weighted by Crippen LogP contribution is 2.51. The molecule has 106 valence electrons. The highest BCUT2D eigenvalue weighted by Gasteiger charge is 2.63. The molecule has 1 saturated carbocycles. The quantitative estimate of drug-likeness (QED) is 0.826. The lowest BCUT2D eigenvalue weighted by molar-refractivity contribution is -0.151. The van der Waals surface area contributed by atoms with Crippen LogP contribution in [0.15, 0.2) is 24.4 Å². The van der Waals surface area contributed by atoms with Crippen LogP contribution in [0.5, 0.6) is 0 Å². The molecule has 3 rings (SSSR count). The van der Waals surface area contributed by atoms with Crippen LogP contribution in [0.1, 0.15) is 18.5 Å². The van der Waals surface area contributed by atoms with Crippen LogP contribution in [0.2, 0.25) is 0 Å². The molecule has 1 fully saturated rings. The molecule has 1 aliphatic carbocycles. The number of nitrogen functional groups attached to an aromatic ring is 1. The van der Waals surface area contributed by atoms with Crippen molar-refractivity contribution >= 4 is 22.1 Å². The molecule has 0 saturated heterocycles. The Balaban J connectivity index is 2.09. The molecule has 0 amide bonds. The number of anilines is 2. The van der Waals surface area contributed by atoms with Crippen molar-refractivity contribution in [3.63, 3.8) is 0 Å². The molecule has 0 atom stereocenters. The minimum absolute atomic E-state index is 0.104. The van der Waals surface area contributed by atoms with Crippen LogP contribution in [0.25, 0.3) is 10.8 Å². The summed E-state index contributed by atoms with van der Waals surface area (Å²) in [6.07, 6.45) is -2.44. The Hall–Kier alpha value is -1.98. The zero-order valence-corrected chi connectivity index (χ0v) is 10.9. The molecule has 0 spiro atoms. The lowest BCUT2D eigenvalue weighted by Gasteiger charge is -2.23. The minimum Gasteiger partial charge on any atom is -0.398 e. The third-order valence-electron chi connectivity index (χ3n) is 3.74. The molecule has 1 heterocycles. The fourth-order valence-corrected chi connectivity index (χ4v) is 2.34. The standard InChI is InChI=1S/C14H14F3N3/c1-8-6-9-10(7-19-8)11(18)2-3-12(9)20-13(4-5-13)14(15,16)17/h2-3,6-7,20H,4-5,18H2,1H3. The molecule has 6 heteroatoms. The fourth-order valence-electron chi connectivity index (χ4n) is 2.34. The Labute approximate surface area is 114 Å². The predicted octanol–water partition coefficient (Wildman–Crippen LogP) is 3.63. The van der Waals surface area contributed by atoms with Crippen LogP contribution in [-0.2, 0) is 0 Å². The summed E-state index contributed by atoms with van der Waals surface area (Å²) >= 11 is 0. The highest BCUT2D eigenvalue weighted by atomic mass is 19.4. The Morgan fingerprint density at radius 2 is 1.95 bits per heavy atom. The van der Waals surface area contributed by atoms with Gasteiger partial charge in [-0.2, -0.15) is 13.2 Å². The molecular formula is C14H14F3N3. The van der Waals surface area contributed by atoms with Crippen LogP contribution in [0, 0.1) is 6.92 Å². The number of pyridine rings is 1. The molecule has 3 nitrogen and oxygen atoms in total. The van der Waals surface area contributed by atoms with E-state index in [0.29, 0.717) is 22.1 Å². The summed E-state index contributed by atoms with van der Waals surface area (Å²) in [7, 11) is 0. The van der Waals surface area contributed by atoms with Gasteiger partial charge < -0.3 is 11.1 Å². The van der Waals surface area contributed by atoms with Gasteiger partial charge in [0.05, 0.1) is 0 Å². The molecule has 1 aromatic carbocycles. The number of aromatic nitrogens is 1. The Morgan fingerprint density at radius 1 is 1.25 bits per heavy atom. The number of aryl methyl sites for hydroxylation is 1. The molecule has 0 unspecified atom stereocenters. The highest BCUT2D eigenvalue weighted by molar-refractivity contribution is 6.01. The largest absolute Gasteiger partial charge is 0.411 e. The fraction of sp³-hybridized carbons (Fsp3) is 0.357. The van der Waals surface area contributed by atoms with E-state index in [9.17, 15) is 13.2 Å². The smallest absolute Gasteiger partial charge is 0.398 e. The average Bonchev–Trinajstić information content (AvgIpc) is 3.13. The minimum atomic E-state index is -4.25. The number of alkyl halides is 3. The molecule has 1 aromatic heterocycles. The topological polar surface area (TPSA) is 50.9 Å². The van der Waals surface area contributed by atoms with Crippen molar-refractivity contribution < 1.29 is 13.2 Å². The van der Waals surface area contributed by atoms with Crippen LogP contribution in [-0.4, -0.2) is 16.7 Å². The molecule has 2 aromatic rings. The van der Waals surface area contributed by atoms with Crippen LogP contribution < -0.4 is 11.1 Å². The van der Waals surface area contributed by atoms with E-state index in [0.717, 1.165) is 5.69 Å². The summed E-state index contributed by atoms with van der Waals surface area (Å²) in [6, 6.07) is 4.96. The number of benzene rings is 1. The van der Waals surface area contributed by atoms with E-state index in [4.69, 9.17) is 5.73 Å². The number of hydrogen-bond acceptors (Lipinski definition) is 3. The predicted molar refractivity (Wildman–Crippen MR) is 72.5 cm³/mol. The third kappa shape index (κ3) is 1.95. The number of nitrogens with one attached hydrogen (secondary N) is 1. The Kier molecular flexibility index (Phi) is 2.61. The van der Waals surface area contributed by atoms with Crippen molar-refractivity contribution in [2.75, 3.05) is 11.1 Å². The maximum atomic E-state index is 13.0. The molecule has 3 N–H and O–H groups in total. The van der Waals surface area contributed by atoms with Crippen molar-refractivity contribution in [1.82, 2.24) is 4.98 Å². The van der Waals surface area contributed by atoms with Crippen molar-refractivity contribution in [2.24, 2.45) is 0 Å². The van der Waals surface area contributed by atoms with Gasteiger partial charge in [-0.15, -0.1) is 0 Å². The van der Waals surface area contributed by atoms with Gasteiger partial charge in [0, 0.05) is 34.0 Å². The zero-order chi connectivity index (χ0) is 14.5. The van der Waals surface area contributed by atoms with E-state index in [-0.39, 0.29) is 12.8 Å². The number of hydrogen-bond donors (Lipinski definition) is 2. The van der Waals surface area contributed by atoms with Crippen molar-refractivity contribution in [2.45, 2.75) is 31.5 Å². The SMILES string of the molecule is Cc1cc2c(NC3(C(F)(F)F)CC3)ccc(N)c2cn1. The van der Waals surface area contributed by atoms with E-state index in [1.54, 1.807) is 31.3 Å². The van der Waals surface area contributed by atoms with E-state index < -0.39 is 11.7 Å². The first kappa shape index (κ1) is 13.0. The monoisotopic (exact) mass is 281 g/mol. The van der Waals surface area contributed by atoms with Crippen molar-refractivity contribution in [3.05, 3.63) is 30.1 Å². The van der Waals surface area contributed by atoms with E-state index >= 15 is 0 Å². The summed E-state index contributed by atoms with van der Waals surface area (Å²) in [5.41, 5.74) is 5.77. The maximum absolute atomic E-state index is 13.0. The molecule has 20 heavy (non-hydrogen) atoms. The lowest BCUT2D eigenvalue weighted by Crippen LogP contribution is -2.38. The number of halogens is 3. The number of nitrogens with zero attached hydrogens (tertiary/aromatic N) is 1. The normalized spacial score (nSPS) is 17.2. The molecule has 1 aliphatic rings. The van der Waals surface area contributed by atoms with Crippen LogP contribution in [0.3, 0.4) is 0 Å². The van der Waals surface area contributed by atoms with Crippen LogP contribution in [0.4, 0.5) is 24.5 Å². The summed E-state index contributed by atoms with van der Waals surface area (Å²) in [6.45, 7) is 1.79. The molecule has 0 aliphatic heterocycles. The Bertz CT molecular complexity index is 675. The van der Waals surface area contributed by atoms with Crippen LogP contribution >= 0.6 is 0 Å². The van der Waals surface area contributed by atoms with Gasteiger partial charge in [-0.3, -0.25) is 4.98 Å². The molecule has 0 bridgehead atoms. The van der Waals surface area contributed by atoms with Gasteiger partial charge in [0.25, 0.3) is 0 Å². The number of fused-ring (bicyclic) bond motifs is 1. The van der Waals surface area contributed by atoms with Gasteiger partial charge in [-0.05, 0) is 38.0 Å². The third-order valence-corrected chi connectivity index (χ3v) is 3.74. The van der Waals surface area contributed by atoms with Gasteiger partial charge >= 0.3 is 6.18 Å². The van der Waals surface area contributed by atoms with E-state index in [1.807, 2.05) is 0 Å². The second kappa shape index (κ2) is 4.01. The first-order valence-electron chi connectivity index (χ1n) is 6.32. The van der Waals surface area contributed by atoms with Gasteiger partial charge in [-0.25, -0.2) is 0 Å². The van der Waals surface area contributed by atoms with E-state index in [1.165, 1.54) is 0 Å². The molecule has 0 radical (unpaired) electrons. The average molecular weight is 281 g/mol.